The van der Waals surface area contributed by atoms with Crippen LogP contribution in [0, 0.1) is 23.0 Å². The molecule has 0 saturated heterocycles. The topological polar surface area (TPSA) is 60.2 Å². The van der Waals surface area contributed by atoms with Crippen LogP contribution in [0.1, 0.15) is 22.3 Å². The van der Waals surface area contributed by atoms with E-state index in [9.17, 15) is 14.9 Å². The molecular formula is C11H10ClNO3. The summed E-state index contributed by atoms with van der Waals surface area (Å²) >= 11 is 5.78. The molecule has 2 rings (SSSR count). The number of carbonyl (C=O) groups excluding carboxylic acids is 1. The van der Waals surface area contributed by atoms with Crippen LogP contribution in [0.3, 0.4) is 0 Å². The summed E-state index contributed by atoms with van der Waals surface area (Å²) in [7, 11) is 0. The second-order valence-corrected chi connectivity index (χ2v) is 4.54. The van der Waals surface area contributed by atoms with Crippen molar-refractivity contribution in [2.75, 3.05) is 0 Å². The van der Waals surface area contributed by atoms with Crippen LogP contribution in [-0.4, -0.2) is 16.1 Å². The minimum absolute atomic E-state index is 0.0161. The Morgan fingerprint density at radius 1 is 1.56 bits per heavy atom. The van der Waals surface area contributed by atoms with Gasteiger partial charge in [-0.3, -0.25) is 14.9 Å². The fraction of sp³-hybridized carbons (Fsp3) is 0.364. The van der Waals surface area contributed by atoms with Gasteiger partial charge in [-0.15, -0.1) is 11.6 Å². The van der Waals surface area contributed by atoms with Gasteiger partial charge in [0.05, 0.1) is 4.92 Å². The van der Waals surface area contributed by atoms with Crippen molar-refractivity contribution in [3.05, 3.63) is 39.4 Å². The zero-order chi connectivity index (χ0) is 11.9. The number of carbonyl (C=O) groups is 1. The molecule has 1 saturated carbocycles. The lowest BCUT2D eigenvalue weighted by Crippen LogP contribution is -2.04. The predicted octanol–water partition coefficient (Wildman–Crippen LogP) is 2.71. The quantitative estimate of drug-likeness (QED) is 0.353. The van der Waals surface area contributed by atoms with E-state index >= 15 is 0 Å². The molecule has 16 heavy (non-hydrogen) atoms. The van der Waals surface area contributed by atoms with Crippen LogP contribution < -0.4 is 0 Å². The molecule has 0 amide bonds. The molecule has 0 radical (unpaired) electrons. The molecule has 5 heteroatoms. The summed E-state index contributed by atoms with van der Waals surface area (Å²) in [6.07, 6.45) is 0.669. The van der Waals surface area contributed by atoms with Crippen LogP contribution >= 0.6 is 11.6 Å². The number of Topliss-reactive ketones (excluding diaryl/α,β-unsaturated/α-hetero) is 1. The van der Waals surface area contributed by atoms with E-state index in [1.807, 2.05) is 0 Å². The summed E-state index contributed by atoms with van der Waals surface area (Å²) in [6, 6.07) is 4.54. The van der Waals surface area contributed by atoms with E-state index in [0.29, 0.717) is 17.5 Å². The minimum atomic E-state index is -0.475. The van der Waals surface area contributed by atoms with Gasteiger partial charge in [-0.05, 0) is 13.3 Å². The van der Waals surface area contributed by atoms with E-state index in [2.05, 4.69) is 0 Å². The smallest absolute Gasteiger partial charge is 0.273 e. The Hall–Kier alpha value is -1.42. The maximum Gasteiger partial charge on any atom is 0.273 e. The largest absolute Gasteiger partial charge is 0.294 e. The maximum atomic E-state index is 11.8. The maximum absolute atomic E-state index is 11.8. The van der Waals surface area contributed by atoms with Crippen LogP contribution in [0.5, 0.6) is 0 Å². The molecule has 0 aliphatic heterocycles. The SMILES string of the molecule is Cc1ccc(C(=O)C2CC2Cl)cc1[N+](=O)[O-]. The number of ketones is 1. The van der Waals surface area contributed by atoms with Crippen LogP contribution in [0.2, 0.25) is 0 Å². The molecule has 2 unspecified atom stereocenters. The first-order chi connectivity index (χ1) is 7.50. The third-order valence-corrected chi connectivity index (χ3v) is 3.22. The van der Waals surface area contributed by atoms with Gasteiger partial charge >= 0.3 is 0 Å². The number of nitro benzene ring substituents is 1. The zero-order valence-corrected chi connectivity index (χ0v) is 9.40. The highest BCUT2D eigenvalue weighted by Crippen LogP contribution is 2.39. The van der Waals surface area contributed by atoms with Crippen molar-refractivity contribution in [3.8, 4) is 0 Å². The highest BCUT2D eigenvalue weighted by molar-refractivity contribution is 6.25. The second kappa shape index (κ2) is 3.87. The number of benzene rings is 1. The molecule has 4 nitrogen and oxygen atoms in total. The summed E-state index contributed by atoms with van der Waals surface area (Å²) in [6.45, 7) is 1.65. The number of halogens is 1. The number of alkyl halides is 1. The van der Waals surface area contributed by atoms with Crippen molar-refractivity contribution in [1.29, 1.82) is 0 Å². The molecule has 2 atom stereocenters. The molecule has 1 aliphatic rings. The fourth-order valence-corrected chi connectivity index (χ4v) is 1.92. The second-order valence-electron chi connectivity index (χ2n) is 3.98. The highest BCUT2D eigenvalue weighted by Gasteiger charge is 2.42. The van der Waals surface area contributed by atoms with Crippen molar-refractivity contribution in [2.45, 2.75) is 18.7 Å². The van der Waals surface area contributed by atoms with Crippen molar-refractivity contribution in [3.63, 3.8) is 0 Å². The molecule has 1 aromatic rings. The Balaban J connectivity index is 2.32. The lowest BCUT2D eigenvalue weighted by molar-refractivity contribution is -0.385. The van der Waals surface area contributed by atoms with Gasteiger partial charge in [-0.25, -0.2) is 0 Å². The third kappa shape index (κ3) is 1.93. The van der Waals surface area contributed by atoms with Gasteiger partial charge in [-0.1, -0.05) is 12.1 Å². The molecule has 0 spiro atoms. The molecule has 1 aromatic carbocycles. The van der Waals surface area contributed by atoms with E-state index < -0.39 is 4.92 Å². The van der Waals surface area contributed by atoms with E-state index in [4.69, 9.17) is 11.6 Å². The number of rotatable bonds is 3. The lowest BCUT2D eigenvalue weighted by atomic mass is 10.0. The first kappa shape index (κ1) is 11.1. The van der Waals surface area contributed by atoms with E-state index in [1.165, 1.54) is 6.07 Å². The van der Waals surface area contributed by atoms with Crippen molar-refractivity contribution in [2.24, 2.45) is 5.92 Å². The van der Waals surface area contributed by atoms with E-state index in [1.54, 1.807) is 19.1 Å². The summed E-state index contributed by atoms with van der Waals surface area (Å²) in [5, 5.41) is 10.6. The lowest BCUT2D eigenvalue weighted by Gasteiger charge is -2.01. The first-order valence-electron chi connectivity index (χ1n) is 4.94. The Kier molecular flexibility index (Phi) is 2.68. The monoisotopic (exact) mass is 239 g/mol. The zero-order valence-electron chi connectivity index (χ0n) is 8.64. The number of nitrogens with zero attached hydrogens (tertiary/aromatic N) is 1. The predicted molar refractivity (Wildman–Crippen MR) is 59.9 cm³/mol. The molecule has 0 bridgehead atoms. The van der Waals surface area contributed by atoms with Gasteiger partial charge in [0.25, 0.3) is 5.69 Å². The fourth-order valence-electron chi connectivity index (χ4n) is 1.61. The summed E-state index contributed by atoms with van der Waals surface area (Å²) in [4.78, 5) is 22.0. The normalized spacial score (nSPS) is 22.9. The van der Waals surface area contributed by atoms with Crippen molar-refractivity contribution in [1.82, 2.24) is 0 Å². The highest BCUT2D eigenvalue weighted by atomic mass is 35.5. The Morgan fingerprint density at radius 2 is 2.19 bits per heavy atom. The average Bonchev–Trinajstić information content (AvgIpc) is 2.95. The Labute approximate surface area is 97.4 Å². The molecule has 84 valence electrons. The number of aryl methyl sites for hydroxylation is 1. The Morgan fingerprint density at radius 3 is 2.69 bits per heavy atom. The van der Waals surface area contributed by atoms with Crippen LogP contribution in [-0.2, 0) is 0 Å². The van der Waals surface area contributed by atoms with Crippen LogP contribution in [0.4, 0.5) is 5.69 Å². The summed E-state index contributed by atoms with van der Waals surface area (Å²) < 4.78 is 0. The Bertz CT molecular complexity index is 472. The minimum Gasteiger partial charge on any atom is -0.294 e. The van der Waals surface area contributed by atoms with Crippen LogP contribution in [0.25, 0.3) is 0 Å². The van der Waals surface area contributed by atoms with Gasteiger partial charge < -0.3 is 0 Å². The molecule has 0 heterocycles. The molecule has 1 fully saturated rings. The van der Waals surface area contributed by atoms with Gasteiger partial charge in [0.2, 0.25) is 0 Å². The first-order valence-corrected chi connectivity index (χ1v) is 5.37. The number of hydrogen-bond acceptors (Lipinski definition) is 3. The van der Waals surface area contributed by atoms with Crippen molar-refractivity contribution >= 4 is 23.1 Å². The van der Waals surface area contributed by atoms with Gasteiger partial charge in [0, 0.05) is 28.5 Å². The van der Waals surface area contributed by atoms with Gasteiger partial charge in [0.1, 0.15) is 0 Å². The number of hydrogen-bond donors (Lipinski definition) is 0. The van der Waals surface area contributed by atoms with E-state index in [-0.39, 0.29) is 22.8 Å². The van der Waals surface area contributed by atoms with Crippen LogP contribution in [0.15, 0.2) is 18.2 Å². The third-order valence-electron chi connectivity index (χ3n) is 2.74. The molecule has 0 N–H and O–H groups in total. The average molecular weight is 240 g/mol. The molecule has 0 aromatic heterocycles. The van der Waals surface area contributed by atoms with Gasteiger partial charge in [0.15, 0.2) is 5.78 Å². The summed E-state index contributed by atoms with van der Waals surface area (Å²) in [5.41, 5.74) is 0.919. The van der Waals surface area contributed by atoms with E-state index in [0.717, 1.165) is 0 Å². The standard InChI is InChI=1S/C11H10ClNO3/c1-6-2-3-7(4-10(6)13(15)16)11(14)8-5-9(8)12/h2-4,8-9H,5H2,1H3. The molecular weight excluding hydrogens is 230 g/mol. The summed E-state index contributed by atoms with van der Waals surface area (Å²) in [5.74, 6) is -0.257. The number of nitro groups is 1. The van der Waals surface area contributed by atoms with Crippen molar-refractivity contribution < 1.29 is 9.72 Å². The van der Waals surface area contributed by atoms with Gasteiger partial charge in [-0.2, -0.15) is 0 Å². The molecule has 1 aliphatic carbocycles.